The van der Waals surface area contributed by atoms with Crippen LogP contribution >= 0.6 is 40.7 Å². The Morgan fingerprint density at radius 1 is 1.12 bits per heavy atom. The van der Waals surface area contributed by atoms with Gasteiger partial charge in [0, 0.05) is 36.7 Å². The molecule has 2 nitrogen and oxygen atoms in total. The van der Waals surface area contributed by atoms with E-state index in [2.05, 4.69) is 57.3 Å². The topological polar surface area (TPSA) is 15.3 Å². The zero-order chi connectivity index (χ0) is 10.7. The van der Waals surface area contributed by atoms with Gasteiger partial charge in [0.25, 0.3) is 0 Å². The van der Waals surface area contributed by atoms with Crippen molar-refractivity contribution in [1.29, 1.82) is 0 Å². The van der Waals surface area contributed by atoms with E-state index in [0.29, 0.717) is 6.04 Å². The minimum absolute atomic E-state index is 0. The van der Waals surface area contributed by atoms with Crippen LogP contribution in [0.15, 0.2) is 28.7 Å². The number of piperazine rings is 1. The largest absolute Gasteiger partial charge is 0.314 e. The minimum atomic E-state index is 0. The lowest BCUT2D eigenvalue weighted by molar-refractivity contribution is 0.185. The van der Waals surface area contributed by atoms with Gasteiger partial charge >= 0.3 is 0 Å². The average molecular weight is 342 g/mol. The summed E-state index contributed by atoms with van der Waals surface area (Å²) < 4.78 is 1.15. The zero-order valence-corrected chi connectivity index (χ0v) is 13.1. The van der Waals surface area contributed by atoms with Gasteiger partial charge in [0.1, 0.15) is 0 Å². The Hall–Kier alpha value is 0.200. The Bertz CT molecular complexity index is 313. The maximum Gasteiger partial charge on any atom is 0.0320 e. The molecule has 0 aliphatic carbocycles. The zero-order valence-electron chi connectivity index (χ0n) is 9.86. The normalized spacial score (nSPS) is 17.8. The second kappa shape index (κ2) is 8.33. The average Bonchev–Trinajstić information content (AvgIpc) is 2.30. The van der Waals surface area contributed by atoms with Crippen LogP contribution in [0.1, 0.15) is 18.5 Å². The van der Waals surface area contributed by atoms with Gasteiger partial charge in [0.15, 0.2) is 0 Å². The molecule has 5 heteroatoms. The van der Waals surface area contributed by atoms with Crippen molar-refractivity contribution in [2.24, 2.45) is 0 Å². The fraction of sp³-hybridized carbons (Fsp3) is 0.500. The third-order valence-corrected chi connectivity index (χ3v) is 3.58. The minimum Gasteiger partial charge on any atom is -0.314 e. The Morgan fingerprint density at radius 2 is 1.65 bits per heavy atom. The first-order valence-electron chi connectivity index (χ1n) is 5.47. The predicted molar refractivity (Wildman–Crippen MR) is 81.5 cm³/mol. The molecule has 1 fully saturated rings. The lowest BCUT2D eigenvalue weighted by atomic mass is 10.1. The lowest BCUT2D eigenvalue weighted by Gasteiger charge is -2.33. The Kier molecular flexibility index (Phi) is 8.43. The molecule has 1 aliphatic rings. The quantitative estimate of drug-likeness (QED) is 0.888. The van der Waals surface area contributed by atoms with E-state index in [9.17, 15) is 0 Å². The second-order valence-corrected chi connectivity index (χ2v) is 4.93. The van der Waals surface area contributed by atoms with Crippen LogP contribution in [0.3, 0.4) is 0 Å². The maximum atomic E-state index is 3.47. The molecule has 1 unspecified atom stereocenters. The molecule has 1 aromatic carbocycles. The molecule has 1 aromatic rings. The molecule has 1 heterocycles. The molecule has 1 aliphatic heterocycles. The van der Waals surface area contributed by atoms with Crippen LogP contribution in [0.5, 0.6) is 0 Å². The SMILES string of the molecule is CC(c1ccc(Br)cc1)N1CCNCC1.Cl.Cl. The molecule has 0 aromatic heterocycles. The highest BCUT2D eigenvalue weighted by molar-refractivity contribution is 9.10. The Balaban J connectivity index is 0.00000128. The van der Waals surface area contributed by atoms with Crippen molar-refractivity contribution in [3.8, 4) is 0 Å². The number of rotatable bonds is 2. The third-order valence-electron chi connectivity index (χ3n) is 3.05. The molecule has 17 heavy (non-hydrogen) atoms. The van der Waals surface area contributed by atoms with Gasteiger partial charge in [-0.05, 0) is 24.6 Å². The fourth-order valence-corrected chi connectivity index (χ4v) is 2.29. The number of nitrogens with zero attached hydrogens (tertiary/aromatic N) is 1. The van der Waals surface area contributed by atoms with Crippen molar-refractivity contribution < 1.29 is 0 Å². The van der Waals surface area contributed by atoms with Gasteiger partial charge in [0.2, 0.25) is 0 Å². The van der Waals surface area contributed by atoms with Gasteiger partial charge < -0.3 is 5.32 Å². The summed E-state index contributed by atoms with van der Waals surface area (Å²) in [5, 5.41) is 3.38. The summed E-state index contributed by atoms with van der Waals surface area (Å²) in [6.45, 7) is 6.81. The van der Waals surface area contributed by atoms with E-state index in [1.165, 1.54) is 5.56 Å². The van der Waals surface area contributed by atoms with E-state index >= 15 is 0 Å². The summed E-state index contributed by atoms with van der Waals surface area (Å²) in [6.07, 6.45) is 0. The van der Waals surface area contributed by atoms with Crippen molar-refractivity contribution in [3.05, 3.63) is 34.3 Å². The summed E-state index contributed by atoms with van der Waals surface area (Å²) in [5.41, 5.74) is 1.40. The first-order valence-corrected chi connectivity index (χ1v) is 6.27. The number of benzene rings is 1. The van der Waals surface area contributed by atoms with Gasteiger partial charge in [-0.3, -0.25) is 4.90 Å². The highest BCUT2D eigenvalue weighted by Gasteiger charge is 2.17. The standard InChI is InChI=1S/C12H17BrN2.2ClH/c1-10(15-8-6-14-7-9-15)11-2-4-12(13)5-3-11;;/h2-5,10,14H,6-9H2,1H3;2*1H. The number of hydrogen-bond donors (Lipinski definition) is 1. The van der Waals surface area contributed by atoms with Crippen LogP contribution < -0.4 is 5.32 Å². The van der Waals surface area contributed by atoms with Crippen LogP contribution in [0.4, 0.5) is 0 Å². The van der Waals surface area contributed by atoms with Crippen molar-refractivity contribution in [2.45, 2.75) is 13.0 Å². The molecule has 0 amide bonds. The Labute approximate surface area is 124 Å². The van der Waals surface area contributed by atoms with Crippen LogP contribution in [-0.4, -0.2) is 31.1 Å². The molecule has 0 radical (unpaired) electrons. The monoisotopic (exact) mass is 340 g/mol. The highest BCUT2D eigenvalue weighted by Crippen LogP contribution is 2.22. The summed E-state index contributed by atoms with van der Waals surface area (Å²) in [7, 11) is 0. The van der Waals surface area contributed by atoms with Gasteiger partial charge in [0.05, 0.1) is 0 Å². The van der Waals surface area contributed by atoms with Gasteiger partial charge in [-0.2, -0.15) is 0 Å². The second-order valence-electron chi connectivity index (χ2n) is 4.01. The van der Waals surface area contributed by atoms with E-state index in [1.807, 2.05) is 0 Å². The maximum absolute atomic E-state index is 3.47. The van der Waals surface area contributed by atoms with E-state index in [4.69, 9.17) is 0 Å². The molecule has 98 valence electrons. The van der Waals surface area contributed by atoms with E-state index in [0.717, 1.165) is 30.7 Å². The Morgan fingerprint density at radius 3 is 2.18 bits per heavy atom. The van der Waals surface area contributed by atoms with Crippen LogP contribution in [0.2, 0.25) is 0 Å². The van der Waals surface area contributed by atoms with Gasteiger partial charge in [-0.1, -0.05) is 28.1 Å². The molecule has 0 spiro atoms. The van der Waals surface area contributed by atoms with Crippen molar-refractivity contribution in [1.82, 2.24) is 10.2 Å². The van der Waals surface area contributed by atoms with Crippen LogP contribution in [-0.2, 0) is 0 Å². The van der Waals surface area contributed by atoms with Gasteiger partial charge in [-0.25, -0.2) is 0 Å². The summed E-state index contributed by atoms with van der Waals surface area (Å²) >= 11 is 3.47. The number of hydrogen-bond acceptors (Lipinski definition) is 2. The summed E-state index contributed by atoms with van der Waals surface area (Å²) in [5.74, 6) is 0. The third kappa shape index (κ3) is 4.76. The summed E-state index contributed by atoms with van der Waals surface area (Å²) in [6, 6.07) is 9.18. The highest BCUT2D eigenvalue weighted by atomic mass is 79.9. The predicted octanol–water partition coefficient (Wildman–Crippen LogP) is 3.26. The van der Waals surface area contributed by atoms with Crippen molar-refractivity contribution in [2.75, 3.05) is 26.2 Å². The number of nitrogens with one attached hydrogen (secondary N) is 1. The summed E-state index contributed by atoms with van der Waals surface area (Å²) in [4.78, 5) is 2.53. The molecule has 0 bridgehead atoms. The van der Waals surface area contributed by atoms with E-state index < -0.39 is 0 Å². The first kappa shape index (κ1) is 17.2. The molecular weight excluding hydrogens is 323 g/mol. The smallest absolute Gasteiger partial charge is 0.0320 e. The van der Waals surface area contributed by atoms with E-state index in [1.54, 1.807) is 0 Å². The van der Waals surface area contributed by atoms with Crippen molar-refractivity contribution >= 4 is 40.7 Å². The molecule has 2 rings (SSSR count). The van der Waals surface area contributed by atoms with E-state index in [-0.39, 0.29) is 24.8 Å². The molecule has 1 saturated heterocycles. The van der Waals surface area contributed by atoms with Crippen molar-refractivity contribution in [3.63, 3.8) is 0 Å². The fourth-order valence-electron chi connectivity index (χ4n) is 2.02. The van der Waals surface area contributed by atoms with Crippen LogP contribution in [0.25, 0.3) is 0 Å². The van der Waals surface area contributed by atoms with Crippen LogP contribution in [0, 0.1) is 0 Å². The number of halogens is 3. The first-order chi connectivity index (χ1) is 7.27. The molecular formula is C12H19BrCl2N2. The molecule has 1 N–H and O–H groups in total. The molecule has 0 saturated carbocycles. The molecule has 1 atom stereocenters. The van der Waals surface area contributed by atoms with Gasteiger partial charge in [-0.15, -0.1) is 24.8 Å². The lowest BCUT2D eigenvalue weighted by Crippen LogP contribution is -2.44.